The zero-order valence-electron chi connectivity index (χ0n) is 12.7. The van der Waals surface area contributed by atoms with Crippen molar-refractivity contribution in [1.82, 2.24) is 5.32 Å². The van der Waals surface area contributed by atoms with E-state index < -0.39 is 4.92 Å². The fourth-order valence-corrected chi connectivity index (χ4v) is 2.84. The molecule has 0 aromatic heterocycles. The minimum Gasteiger partial charge on any atom is -0.393 e. The molecule has 0 amide bonds. The number of nitro groups is 1. The Morgan fingerprint density at radius 3 is 2.62 bits per heavy atom. The third kappa shape index (κ3) is 3.85. The number of nitro benzene ring substituents is 1. The minimum atomic E-state index is -0.439. The number of hydrogen-bond acceptors (Lipinski definition) is 5. The summed E-state index contributed by atoms with van der Waals surface area (Å²) in [6, 6.07) is 5.36. The van der Waals surface area contributed by atoms with Crippen molar-refractivity contribution in [1.29, 1.82) is 0 Å². The zero-order chi connectivity index (χ0) is 15.4. The number of rotatable bonds is 5. The van der Waals surface area contributed by atoms with E-state index in [9.17, 15) is 10.1 Å². The van der Waals surface area contributed by atoms with Gasteiger partial charge in [-0.15, -0.1) is 0 Å². The number of benzene rings is 1. The fraction of sp³-hybridized carbons (Fsp3) is 0.600. The van der Waals surface area contributed by atoms with Crippen LogP contribution in [0, 0.1) is 16.0 Å². The molecular weight excluding hydrogens is 268 g/mol. The second kappa shape index (κ2) is 6.76. The van der Waals surface area contributed by atoms with Gasteiger partial charge >= 0.3 is 0 Å². The molecule has 0 bridgehead atoms. The van der Waals surface area contributed by atoms with E-state index >= 15 is 0 Å². The fourth-order valence-electron chi connectivity index (χ4n) is 2.84. The molecule has 0 saturated carbocycles. The largest absolute Gasteiger partial charge is 0.393 e. The third-order valence-corrected chi connectivity index (χ3v) is 4.08. The van der Waals surface area contributed by atoms with Crippen molar-refractivity contribution in [3.05, 3.63) is 28.3 Å². The first kappa shape index (κ1) is 15.6. The maximum Gasteiger partial charge on any atom is 0.292 e. The van der Waals surface area contributed by atoms with E-state index in [1.165, 1.54) is 18.9 Å². The minimum absolute atomic E-state index is 0.0238. The lowest BCUT2D eigenvalue weighted by molar-refractivity contribution is -0.383. The van der Waals surface area contributed by atoms with E-state index in [0.717, 1.165) is 25.3 Å². The molecule has 0 radical (unpaired) electrons. The van der Waals surface area contributed by atoms with Crippen LogP contribution in [0.2, 0.25) is 0 Å². The standard InChI is InChI=1S/C15H24N4O2/c1-11(2)18(10-12-5-7-17-8-6-12)13-3-4-15(19(20)21)14(16)9-13/h3-4,9,11-12,17H,5-8,10,16H2,1-2H3. The second-order valence-electron chi connectivity index (χ2n) is 5.94. The van der Waals surface area contributed by atoms with E-state index in [1.54, 1.807) is 12.1 Å². The van der Waals surface area contributed by atoms with Gasteiger partial charge in [0.2, 0.25) is 0 Å². The topological polar surface area (TPSA) is 84.4 Å². The Hall–Kier alpha value is -1.82. The Labute approximate surface area is 125 Å². The molecule has 3 N–H and O–H groups in total. The average molecular weight is 292 g/mol. The Bertz CT molecular complexity index is 498. The van der Waals surface area contributed by atoms with Crippen LogP contribution in [0.4, 0.5) is 17.1 Å². The van der Waals surface area contributed by atoms with Gasteiger partial charge in [-0.2, -0.15) is 0 Å². The van der Waals surface area contributed by atoms with Gasteiger partial charge in [0, 0.05) is 24.3 Å². The molecule has 116 valence electrons. The molecule has 6 heteroatoms. The molecule has 2 rings (SSSR count). The molecule has 0 atom stereocenters. The van der Waals surface area contributed by atoms with Crippen molar-refractivity contribution in [2.75, 3.05) is 30.3 Å². The van der Waals surface area contributed by atoms with Crippen LogP contribution in [0.5, 0.6) is 0 Å². The lowest BCUT2D eigenvalue weighted by Gasteiger charge is -2.34. The van der Waals surface area contributed by atoms with Crippen LogP contribution >= 0.6 is 0 Å². The van der Waals surface area contributed by atoms with Gasteiger partial charge in [-0.3, -0.25) is 10.1 Å². The first-order chi connectivity index (χ1) is 9.99. The summed E-state index contributed by atoms with van der Waals surface area (Å²) < 4.78 is 0. The van der Waals surface area contributed by atoms with Crippen LogP contribution in [0.3, 0.4) is 0 Å². The van der Waals surface area contributed by atoms with Gasteiger partial charge in [-0.1, -0.05) is 0 Å². The maximum atomic E-state index is 10.9. The number of nitrogens with zero attached hydrogens (tertiary/aromatic N) is 2. The number of nitrogens with one attached hydrogen (secondary N) is 1. The Morgan fingerprint density at radius 2 is 2.10 bits per heavy atom. The smallest absolute Gasteiger partial charge is 0.292 e. The highest BCUT2D eigenvalue weighted by molar-refractivity contribution is 5.66. The molecule has 6 nitrogen and oxygen atoms in total. The van der Waals surface area contributed by atoms with Crippen molar-refractivity contribution in [2.45, 2.75) is 32.7 Å². The molecular formula is C15H24N4O2. The van der Waals surface area contributed by atoms with Crippen molar-refractivity contribution in [2.24, 2.45) is 5.92 Å². The van der Waals surface area contributed by atoms with Crippen molar-refractivity contribution in [3.63, 3.8) is 0 Å². The Morgan fingerprint density at radius 1 is 1.43 bits per heavy atom. The molecule has 0 spiro atoms. The number of nitrogens with two attached hydrogens (primary N) is 1. The van der Waals surface area contributed by atoms with Crippen LogP contribution in [-0.2, 0) is 0 Å². The molecule has 1 aliphatic heterocycles. The van der Waals surface area contributed by atoms with Gasteiger partial charge in [0.15, 0.2) is 0 Å². The molecule has 1 aromatic rings. The lowest BCUT2D eigenvalue weighted by atomic mass is 9.96. The van der Waals surface area contributed by atoms with Gasteiger partial charge in [-0.25, -0.2) is 0 Å². The summed E-state index contributed by atoms with van der Waals surface area (Å²) in [6.07, 6.45) is 2.34. The number of hydrogen-bond donors (Lipinski definition) is 2. The number of nitrogen functional groups attached to an aromatic ring is 1. The highest BCUT2D eigenvalue weighted by atomic mass is 16.6. The molecule has 21 heavy (non-hydrogen) atoms. The van der Waals surface area contributed by atoms with Crippen LogP contribution < -0.4 is 16.0 Å². The Balaban J connectivity index is 2.17. The predicted octanol–water partition coefficient (Wildman–Crippen LogP) is 2.39. The van der Waals surface area contributed by atoms with Gasteiger partial charge in [0.25, 0.3) is 5.69 Å². The quantitative estimate of drug-likeness (QED) is 0.494. The summed E-state index contributed by atoms with van der Waals surface area (Å²) in [5, 5.41) is 14.2. The highest BCUT2D eigenvalue weighted by Gasteiger charge is 2.21. The molecule has 0 unspecified atom stereocenters. The first-order valence-corrected chi connectivity index (χ1v) is 7.50. The summed E-state index contributed by atoms with van der Waals surface area (Å²) >= 11 is 0. The summed E-state index contributed by atoms with van der Waals surface area (Å²) in [7, 11) is 0. The van der Waals surface area contributed by atoms with Gasteiger partial charge in [0.1, 0.15) is 5.69 Å². The maximum absolute atomic E-state index is 10.9. The monoisotopic (exact) mass is 292 g/mol. The van der Waals surface area contributed by atoms with E-state index in [-0.39, 0.29) is 11.4 Å². The molecule has 1 fully saturated rings. The second-order valence-corrected chi connectivity index (χ2v) is 5.94. The van der Waals surface area contributed by atoms with E-state index in [2.05, 4.69) is 24.1 Å². The SMILES string of the molecule is CC(C)N(CC1CCNCC1)c1ccc([N+](=O)[O-])c(N)c1. The number of anilines is 2. The summed E-state index contributed by atoms with van der Waals surface area (Å²) in [6.45, 7) is 7.38. The average Bonchev–Trinajstić information content (AvgIpc) is 2.45. The number of piperidine rings is 1. The third-order valence-electron chi connectivity index (χ3n) is 4.08. The van der Waals surface area contributed by atoms with Crippen molar-refractivity contribution < 1.29 is 4.92 Å². The molecule has 0 aliphatic carbocycles. The normalized spacial score (nSPS) is 16.1. The van der Waals surface area contributed by atoms with Crippen LogP contribution in [0.25, 0.3) is 0 Å². The Kier molecular flexibility index (Phi) is 5.01. The van der Waals surface area contributed by atoms with Crippen molar-refractivity contribution in [3.8, 4) is 0 Å². The molecule has 1 aliphatic rings. The van der Waals surface area contributed by atoms with E-state index in [4.69, 9.17) is 5.73 Å². The predicted molar refractivity (Wildman–Crippen MR) is 85.6 cm³/mol. The van der Waals surface area contributed by atoms with E-state index in [0.29, 0.717) is 12.0 Å². The summed E-state index contributed by atoms with van der Waals surface area (Å²) in [5.41, 5.74) is 6.99. The van der Waals surface area contributed by atoms with E-state index in [1.807, 2.05) is 0 Å². The van der Waals surface area contributed by atoms with Crippen molar-refractivity contribution >= 4 is 17.1 Å². The summed E-state index contributed by atoms with van der Waals surface area (Å²) in [4.78, 5) is 12.7. The van der Waals surface area contributed by atoms with Gasteiger partial charge in [0.05, 0.1) is 4.92 Å². The van der Waals surface area contributed by atoms with Crippen LogP contribution in [0.1, 0.15) is 26.7 Å². The molecule has 1 aromatic carbocycles. The van der Waals surface area contributed by atoms with Gasteiger partial charge < -0.3 is 16.0 Å². The molecule has 1 heterocycles. The summed E-state index contributed by atoms with van der Waals surface area (Å²) in [5.74, 6) is 0.657. The highest BCUT2D eigenvalue weighted by Crippen LogP contribution is 2.29. The lowest BCUT2D eigenvalue weighted by Crippen LogP contribution is -2.39. The zero-order valence-corrected chi connectivity index (χ0v) is 12.7. The first-order valence-electron chi connectivity index (χ1n) is 7.50. The molecule has 1 saturated heterocycles. The van der Waals surface area contributed by atoms with Crippen LogP contribution in [0.15, 0.2) is 18.2 Å². The van der Waals surface area contributed by atoms with Gasteiger partial charge in [-0.05, 0) is 57.8 Å². The van der Waals surface area contributed by atoms with Crippen LogP contribution in [-0.4, -0.2) is 30.6 Å².